The minimum Gasteiger partial charge on any atom is -0.481 e. The van der Waals surface area contributed by atoms with Gasteiger partial charge in [0.05, 0.1) is 11.9 Å². The highest BCUT2D eigenvalue weighted by Gasteiger charge is 2.08. The molecule has 5 nitrogen and oxygen atoms in total. The highest BCUT2D eigenvalue weighted by Crippen LogP contribution is 2.14. The second kappa shape index (κ2) is 3.10. The molecule has 0 atom stereocenters. The maximum absolute atomic E-state index is 10.6. The maximum atomic E-state index is 10.6. The summed E-state index contributed by atoms with van der Waals surface area (Å²) in [6.45, 7) is 1.81. The van der Waals surface area contributed by atoms with E-state index >= 15 is 0 Å². The van der Waals surface area contributed by atoms with Crippen molar-refractivity contribution in [2.45, 2.75) is 13.3 Å². The Morgan fingerprint density at radius 1 is 1.64 bits per heavy atom. The number of aliphatic carboxylic acids is 1. The van der Waals surface area contributed by atoms with E-state index in [0.717, 1.165) is 5.82 Å². The van der Waals surface area contributed by atoms with E-state index < -0.39 is 5.97 Å². The maximum Gasteiger partial charge on any atom is 0.307 e. The number of H-pyrrole nitrogens is 1. The summed E-state index contributed by atoms with van der Waals surface area (Å²) >= 11 is 0. The van der Waals surface area contributed by atoms with Gasteiger partial charge in [0, 0.05) is 6.20 Å². The first-order valence-electron chi connectivity index (χ1n) is 4.19. The lowest BCUT2D eigenvalue weighted by molar-refractivity contribution is -0.136. The van der Waals surface area contributed by atoms with Crippen LogP contribution in [-0.2, 0) is 11.2 Å². The van der Waals surface area contributed by atoms with E-state index in [0.29, 0.717) is 16.7 Å². The van der Waals surface area contributed by atoms with Gasteiger partial charge in [-0.05, 0) is 18.6 Å². The topological polar surface area (TPSA) is 78.9 Å². The molecule has 0 unspecified atom stereocenters. The van der Waals surface area contributed by atoms with Gasteiger partial charge >= 0.3 is 5.97 Å². The molecule has 2 N–H and O–H groups in total. The summed E-state index contributed by atoms with van der Waals surface area (Å²) in [6, 6.07) is 1.69. The molecule has 0 saturated carbocycles. The molecule has 0 aliphatic carbocycles. The van der Waals surface area contributed by atoms with Crippen LogP contribution >= 0.6 is 0 Å². The second-order valence-electron chi connectivity index (χ2n) is 3.06. The van der Waals surface area contributed by atoms with Crippen molar-refractivity contribution < 1.29 is 9.90 Å². The van der Waals surface area contributed by atoms with Crippen LogP contribution in [0.25, 0.3) is 11.2 Å². The van der Waals surface area contributed by atoms with Crippen LogP contribution in [0.4, 0.5) is 0 Å². The van der Waals surface area contributed by atoms with Crippen LogP contribution in [0, 0.1) is 6.92 Å². The van der Waals surface area contributed by atoms with E-state index in [1.807, 2.05) is 6.92 Å². The number of nitrogens with one attached hydrogen (secondary N) is 1. The van der Waals surface area contributed by atoms with Crippen molar-refractivity contribution in [1.29, 1.82) is 0 Å². The Kier molecular flexibility index (Phi) is 1.92. The van der Waals surface area contributed by atoms with Crippen LogP contribution in [0.5, 0.6) is 0 Å². The third-order valence-corrected chi connectivity index (χ3v) is 1.94. The van der Waals surface area contributed by atoms with Gasteiger partial charge in [-0.3, -0.25) is 4.79 Å². The van der Waals surface area contributed by atoms with Gasteiger partial charge in [-0.2, -0.15) is 0 Å². The van der Waals surface area contributed by atoms with Crippen LogP contribution in [0.3, 0.4) is 0 Å². The normalized spacial score (nSPS) is 10.6. The zero-order valence-corrected chi connectivity index (χ0v) is 7.61. The number of imidazole rings is 1. The summed E-state index contributed by atoms with van der Waals surface area (Å²) in [4.78, 5) is 21.7. The van der Waals surface area contributed by atoms with Gasteiger partial charge in [-0.15, -0.1) is 0 Å². The predicted molar refractivity (Wildman–Crippen MR) is 50.0 cm³/mol. The van der Waals surface area contributed by atoms with Crippen LogP contribution < -0.4 is 0 Å². The summed E-state index contributed by atoms with van der Waals surface area (Å²) in [5.74, 6) is -0.116. The first-order valence-corrected chi connectivity index (χ1v) is 4.19. The van der Waals surface area contributed by atoms with Crippen LogP contribution in [0.15, 0.2) is 12.3 Å². The average molecular weight is 191 g/mol. The lowest BCUT2D eigenvalue weighted by atomic mass is 10.2. The van der Waals surface area contributed by atoms with E-state index in [-0.39, 0.29) is 6.42 Å². The van der Waals surface area contributed by atoms with Gasteiger partial charge in [0.25, 0.3) is 0 Å². The minimum atomic E-state index is -0.857. The van der Waals surface area contributed by atoms with Crippen molar-refractivity contribution in [3.8, 4) is 0 Å². The lowest BCUT2D eigenvalue weighted by Crippen LogP contribution is -2.00. The molecule has 0 amide bonds. The lowest BCUT2D eigenvalue weighted by Gasteiger charge is -1.96. The average Bonchev–Trinajstić information content (AvgIpc) is 2.45. The fourth-order valence-corrected chi connectivity index (χ4v) is 1.39. The summed E-state index contributed by atoms with van der Waals surface area (Å²) in [5.41, 5.74) is 2.00. The summed E-state index contributed by atoms with van der Waals surface area (Å²) in [6.07, 6.45) is 1.56. The number of carbonyl (C=O) groups is 1. The molecule has 0 aliphatic heterocycles. The van der Waals surface area contributed by atoms with Crippen molar-refractivity contribution in [3.63, 3.8) is 0 Å². The smallest absolute Gasteiger partial charge is 0.307 e. The Labute approximate surface area is 79.8 Å². The monoisotopic (exact) mass is 191 g/mol. The molecule has 2 heterocycles. The first kappa shape index (κ1) is 8.68. The molecule has 0 radical (unpaired) electrons. The molecule has 0 bridgehead atoms. The number of rotatable bonds is 2. The van der Waals surface area contributed by atoms with Gasteiger partial charge < -0.3 is 10.1 Å². The molecule has 0 saturated heterocycles. The number of carboxylic acid groups (broad SMARTS) is 1. The van der Waals surface area contributed by atoms with Gasteiger partial charge in [0.15, 0.2) is 5.65 Å². The van der Waals surface area contributed by atoms with E-state index in [1.54, 1.807) is 12.3 Å². The Morgan fingerprint density at radius 2 is 2.43 bits per heavy atom. The molecular formula is C9H9N3O2. The number of hydrogen-bond donors (Lipinski definition) is 2. The van der Waals surface area contributed by atoms with Crippen molar-refractivity contribution in [1.82, 2.24) is 15.0 Å². The zero-order valence-electron chi connectivity index (χ0n) is 7.61. The molecule has 2 aromatic heterocycles. The molecule has 0 aliphatic rings. The van der Waals surface area contributed by atoms with Crippen molar-refractivity contribution >= 4 is 17.1 Å². The number of hydrogen-bond acceptors (Lipinski definition) is 3. The fourth-order valence-electron chi connectivity index (χ4n) is 1.39. The van der Waals surface area contributed by atoms with E-state index in [1.165, 1.54) is 0 Å². The second-order valence-corrected chi connectivity index (χ2v) is 3.06. The largest absolute Gasteiger partial charge is 0.481 e. The third kappa shape index (κ3) is 1.44. The van der Waals surface area contributed by atoms with Gasteiger partial charge in [-0.1, -0.05) is 0 Å². The Balaban J connectivity index is 2.58. The molecule has 0 aromatic carbocycles. The number of fused-ring (bicyclic) bond motifs is 1. The van der Waals surface area contributed by atoms with Crippen molar-refractivity contribution in [2.75, 3.05) is 0 Å². The third-order valence-electron chi connectivity index (χ3n) is 1.94. The Bertz CT molecular complexity index is 490. The predicted octanol–water partition coefficient (Wildman–Crippen LogP) is 0.893. The molecule has 0 spiro atoms. The first-order chi connectivity index (χ1) is 6.66. The zero-order chi connectivity index (χ0) is 10.1. The number of nitrogens with zero attached hydrogens (tertiary/aromatic N) is 2. The van der Waals surface area contributed by atoms with Crippen molar-refractivity contribution in [2.24, 2.45) is 0 Å². The molecule has 2 aromatic rings. The molecule has 5 heteroatoms. The van der Waals surface area contributed by atoms with Gasteiger partial charge in [0.1, 0.15) is 5.82 Å². The fraction of sp³-hybridized carbons (Fsp3) is 0.222. The van der Waals surface area contributed by atoms with Crippen LogP contribution in [0.1, 0.15) is 11.4 Å². The molecule has 14 heavy (non-hydrogen) atoms. The molecule has 72 valence electrons. The van der Waals surface area contributed by atoms with Gasteiger partial charge in [-0.25, -0.2) is 9.97 Å². The van der Waals surface area contributed by atoms with Crippen molar-refractivity contribution in [3.05, 3.63) is 23.7 Å². The van der Waals surface area contributed by atoms with Gasteiger partial charge in [0.2, 0.25) is 0 Å². The van der Waals surface area contributed by atoms with Crippen LogP contribution in [-0.4, -0.2) is 26.0 Å². The summed E-state index contributed by atoms with van der Waals surface area (Å²) in [5, 5.41) is 8.68. The Morgan fingerprint density at radius 3 is 3.14 bits per heavy atom. The number of pyridine rings is 1. The number of carboxylic acids is 1. The van der Waals surface area contributed by atoms with E-state index in [2.05, 4.69) is 15.0 Å². The number of aromatic amines is 1. The molecule has 2 rings (SSSR count). The quantitative estimate of drug-likeness (QED) is 0.738. The Hall–Kier alpha value is -1.91. The summed E-state index contributed by atoms with van der Waals surface area (Å²) < 4.78 is 0. The molecular weight excluding hydrogens is 182 g/mol. The van der Waals surface area contributed by atoms with E-state index in [9.17, 15) is 4.79 Å². The molecule has 0 fully saturated rings. The standard InChI is InChI=1S/C9H9N3O2/c1-5-11-8-6(4-7(13)14)2-3-10-9(8)12-5/h2-3H,4H2,1H3,(H,13,14)(H,10,11,12). The SMILES string of the molecule is Cc1nc2nccc(CC(=O)O)c2[nH]1. The minimum absolute atomic E-state index is 0.0132. The summed E-state index contributed by atoms with van der Waals surface area (Å²) in [7, 11) is 0. The number of aromatic nitrogens is 3. The van der Waals surface area contributed by atoms with Crippen LogP contribution in [0.2, 0.25) is 0 Å². The highest BCUT2D eigenvalue weighted by atomic mass is 16.4. The van der Waals surface area contributed by atoms with E-state index in [4.69, 9.17) is 5.11 Å². The highest BCUT2D eigenvalue weighted by molar-refractivity contribution is 5.80. The number of aryl methyl sites for hydroxylation is 1.